The minimum Gasteiger partial charge on any atom is -0.501 e. The van der Waals surface area contributed by atoms with Crippen LogP contribution in [-0.4, -0.2) is 6.61 Å². The van der Waals surface area contributed by atoms with Gasteiger partial charge in [0.25, 0.3) is 0 Å². The van der Waals surface area contributed by atoms with Gasteiger partial charge < -0.3 is 4.74 Å². The molecule has 0 bridgehead atoms. The van der Waals surface area contributed by atoms with E-state index >= 15 is 0 Å². The second-order valence-electron chi connectivity index (χ2n) is 4.54. The summed E-state index contributed by atoms with van der Waals surface area (Å²) in [7, 11) is 0. The van der Waals surface area contributed by atoms with E-state index in [1.54, 1.807) is 0 Å². The predicted molar refractivity (Wildman–Crippen MR) is 77.1 cm³/mol. The van der Waals surface area contributed by atoms with Gasteiger partial charge in [-0.2, -0.15) is 0 Å². The van der Waals surface area contributed by atoms with Crippen molar-refractivity contribution in [3.63, 3.8) is 0 Å². The lowest BCUT2D eigenvalue weighted by atomic mass is 10.1. The number of rotatable bonds is 12. The zero-order valence-corrected chi connectivity index (χ0v) is 11.8. The molecule has 1 heteroatoms. The normalized spacial score (nSPS) is 11.6. The van der Waals surface area contributed by atoms with Crippen LogP contribution in [0, 0.1) is 0 Å². The molecule has 100 valence electrons. The van der Waals surface area contributed by atoms with Crippen LogP contribution in [0.5, 0.6) is 0 Å². The van der Waals surface area contributed by atoms with Gasteiger partial charge in [0.15, 0.2) is 0 Å². The summed E-state index contributed by atoms with van der Waals surface area (Å²) in [5.41, 5.74) is 0. The molecule has 0 spiro atoms. The van der Waals surface area contributed by atoms with E-state index in [0.29, 0.717) is 0 Å². The highest BCUT2D eigenvalue weighted by Gasteiger charge is 1.88. The van der Waals surface area contributed by atoms with E-state index in [2.05, 4.69) is 26.0 Å². The summed E-state index contributed by atoms with van der Waals surface area (Å²) in [6.07, 6.45) is 19.8. The number of unbranched alkanes of at least 4 members (excludes halogenated alkanes) is 7. The van der Waals surface area contributed by atoms with Crippen LogP contribution in [0.2, 0.25) is 0 Å². The van der Waals surface area contributed by atoms with Crippen LogP contribution >= 0.6 is 0 Å². The molecule has 1 nitrogen and oxygen atoms in total. The van der Waals surface area contributed by atoms with Crippen LogP contribution in [0.3, 0.4) is 0 Å². The summed E-state index contributed by atoms with van der Waals surface area (Å²) in [4.78, 5) is 0. The second-order valence-corrected chi connectivity index (χ2v) is 4.54. The fourth-order valence-electron chi connectivity index (χ4n) is 1.63. The summed E-state index contributed by atoms with van der Waals surface area (Å²) >= 11 is 0. The first kappa shape index (κ1) is 16.3. The summed E-state index contributed by atoms with van der Waals surface area (Å²) in [6, 6.07) is 0. The number of ether oxygens (including phenoxy) is 1. The second kappa shape index (κ2) is 15.3. The Kier molecular flexibility index (Phi) is 14.6. The van der Waals surface area contributed by atoms with Gasteiger partial charge in [-0.15, -0.1) is 0 Å². The average molecular weight is 238 g/mol. The lowest BCUT2D eigenvalue weighted by molar-refractivity contribution is 0.240. The highest BCUT2D eigenvalue weighted by Crippen LogP contribution is 2.04. The molecule has 0 aliphatic heterocycles. The van der Waals surface area contributed by atoms with Gasteiger partial charge in [-0.05, 0) is 18.9 Å². The Bertz CT molecular complexity index is 182. The Labute approximate surface area is 108 Å². The fraction of sp³-hybridized carbons (Fsp3) is 0.750. The first-order valence-electron chi connectivity index (χ1n) is 7.35. The average Bonchev–Trinajstić information content (AvgIpc) is 2.35. The third-order valence-corrected chi connectivity index (χ3v) is 2.76. The highest BCUT2D eigenvalue weighted by molar-refractivity contribution is 4.99. The zero-order chi connectivity index (χ0) is 12.6. The van der Waals surface area contributed by atoms with Gasteiger partial charge in [-0.3, -0.25) is 0 Å². The van der Waals surface area contributed by atoms with E-state index in [0.717, 1.165) is 6.61 Å². The number of hydrogen-bond donors (Lipinski definition) is 0. The van der Waals surface area contributed by atoms with Crippen molar-refractivity contribution in [3.8, 4) is 0 Å². The molecule has 0 radical (unpaired) electrons. The molecular weight excluding hydrogens is 208 g/mol. The van der Waals surface area contributed by atoms with Crippen LogP contribution in [-0.2, 0) is 4.74 Å². The maximum absolute atomic E-state index is 5.41. The lowest BCUT2D eigenvalue weighted by Crippen LogP contribution is -1.87. The number of allylic oxidation sites excluding steroid dienone is 3. The maximum atomic E-state index is 5.41. The van der Waals surface area contributed by atoms with Crippen molar-refractivity contribution in [2.24, 2.45) is 0 Å². The van der Waals surface area contributed by atoms with Crippen LogP contribution in [0.4, 0.5) is 0 Å². The van der Waals surface area contributed by atoms with Crippen molar-refractivity contribution in [2.75, 3.05) is 6.61 Å². The SMILES string of the molecule is CCCC/C=C/C=C/OCCCCCCCC. The third kappa shape index (κ3) is 15.3. The molecule has 0 aliphatic carbocycles. The van der Waals surface area contributed by atoms with E-state index in [4.69, 9.17) is 4.74 Å². The molecule has 0 aliphatic rings. The molecule has 0 saturated heterocycles. The van der Waals surface area contributed by atoms with Gasteiger partial charge in [0, 0.05) is 0 Å². The fourth-order valence-corrected chi connectivity index (χ4v) is 1.63. The summed E-state index contributed by atoms with van der Waals surface area (Å²) in [5, 5.41) is 0. The molecule has 0 N–H and O–H groups in total. The molecule has 0 saturated carbocycles. The van der Waals surface area contributed by atoms with Gasteiger partial charge in [-0.1, -0.05) is 70.9 Å². The first-order chi connectivity index (χ1) is 8.41. The minimum absolute atomic E-state index is 0.866. The van der Waals surface area contributed by atoms with Crippen molar-refractivity contribution in [3.05, 3.63) is 24.5 Å². The molecule has 0 atom stereocenters. The van der Waals surface area contributed by atoms with Gasteiger partial charge in [0.05, 0.1) is 12.9 Å². The Balaban J connectivity index is 3.11. The number of hydrogen-bond acceptors (Lipinski definition) is 1. The van der Waals surface area contributed by atoms with E-state index in [9.17, 15) is 0 Å². The monoisotopic (exact) mass is 238 g/mol. The highest BCUT2D eigenvalue weighted by atomic mass is 16.5. The Morgan fingerprint density at radius 2 is 1.47 bits per heavy atom. The van der Waals surface area contributed by atoms with Gasteiger partial charge >= 0.3 is 0 Å². The summed E-state index contributed by atoms with van der Waals surface area (Å²) in [6.45, 7) is 5.33. The quantitative estimate of drug-likeness (QED) is 0.243. The third-order valence-electron chi connectivity index (χ3n) is 2.76. The summed E-state index contributed by atoms with van der Waals surface area (Å²) in [5.74, 6) is 0. The first-order valence-corrected chi connectivity index (χ1v) is 7.35. The lowest BCUT2D eigenvalue weighted by Gasteiger charge is -2.00. The Morgan fingerprint density at radius 3 is 2.24 bits per heavy atom. The maximum Gasteiger partial charge on any atom is 0.0873 e. The molecule has 0 aromatic heterocycles. The van der Waals surface area contributed by atoms with Gasteiger partial charge in [0.2, 0.25) is 0 Å². The van der Waals surface area contributed by atoms with Crippen molar-refractivity contribution < 1.29 is 4.74 Å². The molecule has 17 heavy (non-hydrogen) atoms. The van der Waals surface area contributed by atoms with E-state index in [1.807, 2.05) is 12.3 Å². The van der Waals surface area contributed by atoms with E-state index in [-0.39, 0.29) is 0 Å². The Hall–Kier alpha value is -0.720. The molecule has 0 fully saturated rings. The van der Waals surface area contributed by atoms with Crippen LogP contribution < -0.4 is 0 Å². The zero-order valence-electron chi connectivity index (χ0n) is 11.8. The molecule has 0 aromatic carbocycles. The van der Waals surface area contributed by atoms with Crippen LogP contribution in [0.15, 0.2) is 24.5 Å². The molecule has 0 unspecified atom stereocenters. The van der Waals surface area contributed by atoms with Gasteiger partial charge in [0.1, 0.15) is 0 Å². The van der Waals surface area contributed by atoms with E-state index in [1.165, 1.54) is 57.8 Å². The molecule has 0 heterocycles. The standard InChI is InChI=1S/C16H30O/c1-3-5-7-9-11-13-15-17-16-14-12-10-8-6-4-2/h9,11,13,15H,3-8,10,12,14,16H2,1-2H3/b11-9+,15-13+. The topological polar surface area (TPSA) is 9.23 Å². The molecule has 0 amide bonds. The van der Waals surface area contributed by atoms with Crippen molar-refractivity contribution in [2.45, 2.75) is 71.6 Å². The van der Waals surface area contributed by atoms with Crippen molar-refractivity contribution in [1.29, 1.82) is 0 Å². The largest absolute Gasteiger partial charge is 0.501 e. The molecular formula is C16H30O. The summed E-state index contributed by atoms with van der Waals surface area (Å²) < 4.78 is 5.41. The van der Waals surface area contributed by atoms with Crippen molar-refractivity contribution in [1.82, 2.24) is 0 Å². The van der Waals surface area contributed by atoms with Crippen LogP contribution in [0.1, 0.15) is 71.6 Å². The Morgan fingerprint density at radius 1 is 0.765 bits per heavy atom. The van der Waals surface area contributed by atoms with Crippen molar-refractivity contribution >= 4 is 0 Å². The molecule has 0 rings (SSSR count). The predicted octanol–water partition coefficient (Wildman–Crippen LogP) is 5.62. The minimum atomic E-state index is 0.866. The van der Waals surface area contributed by atoms with E-state index < -0.39 is 0 Å². The van der Waals surface area contributed by atoms with Gasteiger partial charge in [-0.25, -0.2) is 0 Å². The smallest absolute Gasteiger partial charge is 0.0873 e. The van der Waals surface area contributed by atoms with Crippen LogP contribution in [0.25, 0.3) is 0 Å². The molecule has 0 aromatic rings.